The number of fused-ring (bicyclic) bond motifs is 2. The van der Waals surface area contributed by atoms with Gasteiger partial charge in [-0.25, -0.2) is 9.98 Å². The van der Waals surface area contributed by atoms with Crippen molar-refractivity contribution in [1.82, 2.24) is 29.7 Å². The number of allylic oxidation sites excluding steroid dienone is 3. The van der Waals surface area contributed by atoms with E-state index in [0.717, 1.165) is 38.7 Å². The first-order chi connectivity index (χ1) is 17.3. The third-order valence-corrected chi connectivity index (χ3v) is 5.81. The number of likely N-dealkylation sites (N-methyl/N-ethyl adjacent to an activating group) is 1. The Kier molecular flexibility index (Phi) is 7.12. The summed E-state index contributed by atoms with van der Waals surface area (Å²) >= 11 is 0. The smallest absolute Gasteiger partial charge is 0.274 e. The van der Waals surface area contributed by atoms with Crippen molar-refractivity contribution in [2.45, 2.75) is 6.92 Å². The summed E-state index contributed by atoms with van der Waals surface area (Å²) in [4.78, 5) is 41.6. The summed E-state index contributed by atoms with van der Waals surface area (Å²) in [6, 6.07) is 3.93. The minimum absolute atomic E-state index is 0.0817. The van der Waals surface area contributed by atoms with Gasteiger partial charge in [0.05, 0.1) is 0 Å². The molecule has 0 radical (unpaired) electrons. The van der Waals surface area contributed by atoms with Gasteiger partial charge in [0.2, 0.25) is 5.91 Å². The molecule has 0 aliphatic heterocycles. The van der Waals surface area contributed by atoms with E-state index in [1.165, 1.54) is 6.08 Å². The number of hydrogen-bond donors (Lipinski definition) is 3. The molecular weight excluding hydrogens is 454 g/mol. The lowest BCUT2D eigenvalue weighted by molar-refractivity contribution is -0.115. The molecule has 4 aromatic rings. The van der Waals surface area contributed by atoms with Gasteiger partial charge in [-0.05, 0) is 51.5 Å². The summed E-state index contributed by atoms with van der Waals surface area (Å²) in [7, 11) is 5.59. The summed E-state index contributed by atoms with van der Waals surface area (Å²) in [5, 5.41) is 4.51. The summed E-state index contributed by atoms with van der Waals surface area (Å²) in [6.07, 6.45) is 14.2. The van der Waals surface area contributed by atoms with Gasteiger partial charge in [0.15, 0.2) is 0 Å². The molecule has 0 aromatic carbocycles. The van der Waals surface area contributed by atoms with Crippen LogP contribution in [-0.4, -0.2) is 57.7 Å². The van der Waals surface area contributed by atoms with Gasteiger partial charge >= 0.3 is 0 Å². The van der Waals surface area contributed by atoms with Crippen molar-refractivity contribution in [2.24, 2.45) is 12.0 Å². The van der Waals surface area contributed by atoms with Gasteiger partial charge in [-0.3, -0.25) is 9.59 Å². The first-order valence-corrected chi connectivity index (χ1v) is 11.4. The van der Waals surface area contributed by atoms with E-state index in [-0.39, 0.29) is 11.5 Å². The SMILES string of the molecule is C=N/C(=C\C(=C/C)c1cnc2[nH]cc(-c3cn(C)c(=O)c4[nH]ccc34)c2c1)NC(=O)/C=C/CN(C)C. The van der Waals surface area contributed by atoms with Crippen molar-refractivity contribution in [3.05, 3.63) is 83.0 Å². The Morgan fingerprint density at radius 3 is 2.81 bits per heavy atom. The number of carbonyl (C=O) groups is 1. The van der Waals surface area contributed by atoms with Crippen LogP contribution in [0.4, 0.5) is 0 Å². The lowest BCUT2D eigenvalue weighted by Crippen LogP contribution is -2.20. The fourth-order valence-corrected chi connectivity index (χ4v) is 4.01. The Labute approximate surface area is 208 Å². The number of nitrogens with one attached hydrogen (secondary N) is 3. The predicted octanol–water partition coefficient (Wildman–Crippen LogP) is 3.59. The number of aryl methyl sites for hydroxylation is 1. The molecular formula is C27H29N7O2. The molecule has 4 aromatic heterocycles. The van der Waals surface area contributed by atoms with E-state index < -0.39 is 0 Å². The molecule has 0 unspecified atom stereocenters. The number of nitrogens with zero attached hydrogens (tertiary/aromatic N) is 4. The highest BCUT2D eigenvalue weighted by molar-refractivity contribution is 6.03. The number of amides is 1. The molecule has 0 fully saturated rings. The maximum Gasteiger partial charge on any atom is 0.274 e. The van der Waals surface area contributed by atoms with Gasteiger partial charge in [0, 0.05) is 71.9 Å². The van der Waals surface area contributed by atoms with E-state index in [9.17, 15) is 9.59 Å². The lowest BCUT2D eigenvalue weighted by Gasteiger charge is -2.08. The monoisotopic (exact) mass is 483 g/mol. The van der Waals surface area contributed by atoms with E-state index in [0.29, 0.717) is 17.9 Å². The number of aliphatic imine (C=N–C) groups is 1. The molecule has 184 valence electrons. The fraction of sp³-hybridized carbons (Fsp3) is 0.185. The molecule has 0 saturated heterocycles. The van der Waals surface area contributed by atoms with Crippen LogP contribution in [0.5, 0.6) is 0 Å². The highest BCUT2D eigenvalue weighted by atomic mass is 16.1. The van der Waals surface area contributed by atoms with Crippen LogP contribution in [0, 0.1) is 0 Å². The Morgan fingerprint density at radius 1 is 1.28 bits per heavy atom. The first kappa shape index (κ1) is 24.6. The third-order valence-electron chi connectivity index (χ3n) is 5.81. The van der Waals surface area contributed by atoms with Crippen LogP contribution in [-0.2, 0) is 11.8 Å². The van der Waals surface area contributed by atoms with Crippen molar-refractivity contribution in [3.63, 3.8) is 0 Å². The molecule has 0 aliphatic carbocycles. The Balaban J connectivity index is 1.71. The Hall–Kier alpha value is -4.50. The van der Waals surface area contributed by atoms with Gasteiger partial charge in [0.25, 0.3) is 5.56 Å². The van der Waals surface area contributed by atoms with Crippen molar-refractivity contribution < 1.29 is 4.79 Å². The molecule has 0 aliphatic rings. The van der Waals surface area contributed by atoms with Gasteiger partial charge in [-0.15, -0.1) is 0 Å². The van der Waals surface area contributed by atoms with Crippen LogP contribution in [0.1, 0.15) is 12.5 Å². The van der Waals surface area contributed by atoms with Crippen LogP contribution in [0.15, 0.2) is 76.8 Å². The number of H-pyrrole nitrogens is 2. The van der Waals surface area contributed by atoms with Crippen LogP contribution in [0.3, 0.4) is 0 Å². The number of carbonyl (C=O) groups excluding carboxylic acids is 1. The minimum atomic E-state index is -0.280. The summed E-state index contributed by atoms with van der Waals surface area (Å²) in [5.74, 6) is 0.0572. The van der Waals surface area contributed by atoms with Gasteiger partial charge in [-0.2, -0.15) is 0 Å². The average Bonchev–Trinajstić information content (AvgIpc) is 3.51. The van der Waals surface area contributed by atoms with Gasteiger partial charge in [0.1, 0.15) is 17.0 Å². The minimum Gasteiger partial charge on any atom is -0.357 e. The number of pyridine rings is 2. The zero-order chi connectivity index (χ0) is 25.8. The lowest BCUT2D eigenvalue weighted by atomic mass is 10.0. The quantitative estimate of drug-likeness (QED) is 0.202. The number of hydrogen-bond acceptors (Lipinski definition) is 5. The number of aromatic nitrogens is 4. The molecule has 4 heterocycles. The second-order valence-corrected chi connectivity index (χ2v) is 8.63. The van der Waals surface area contributed by atoms with Gasteiger partial charge in [-0.1, -0.05) is 12.2 Å². The summed E-state index contributed by atoms with van der Waals surface area (Å²) in [6.45, 7) is 6.16. The molecule has 9 heteroatoms. The van der Waals surface area contributed by atoms with Crippen molar-refractivity contribution in [1.29, 1.82) is 0 Å². The zero-order valence-corrected chi connectivity index (χ0v) is 20.8. The molecule has 0 atom stereocenters. The van der Waals surface area contributed by atoms with Crippen LogP contribution in [0.25, 0.3) is 38.6 Å². The number of rotatable bonds is 8. The van der Waals surface area contributed by atoms with Crippen molar-refractivity contribution in [2.75, 3.05) is 20.6 Å². The molecule has 3 N–H and O–H groups in total. The molecule has 0 saturated carbocycles. The third kappa shape index (κ3) is 4.96. The fourth-order valence-electron chi connectivity index (χ4n) is 4.01. The molecule has 36 heavy (non-hydrogen) atoms. The van der Waals surface area contributed by atoms with E-state index in [2.05, 4.69) is 32.0 Å². The topological polar surface area (TPSA) is 111 Å². The largest absolute Gasteiger partial charge is 0.357 e. The van der Waals surface area contributed by atoms with Crippen LogP contribution >= 0.6 is 0 Å². The highest BCUT2D eigenvalue weighted by Gasteiger charge is 2.15. The van der Waals surface area contributed by atoms with Gasteiger partial charge < -0.3 is 24.8 Å². The predicted molar refractivity (Wildman–Crippen MR) is 146 cm³/mol. The molecule has 1 amide bonds. The van der Waals surface area contributed by atoms with E-state index in [1.54, 1.807) is 36.2 Å². The summed E-state index contributed by atoms with van der Waals surface area (Å²) < 4.78 is 1.57. The number of aromatic amines is 2. The molecule has 4 rings (SSSR count). The standard InChI is InChI=1S/C27H29N7O2/c1-6-17(13-23(28-2)32-24(35)8-7-11-33(3)4)18-12-20-21(15-31-26(20)30-14-18)22-16-34(5)27(36)25-19(22)9-10-29-25/h6-10,12-16,29H,2,11H2,1,3-5H3,(H,30,31)(H,32,35)/b8-7+,17-6+,23-13+. The molecule has 0 spiro atoms. The van der Waals surface area contributed by atoms with Crippen molar-refractivity contribution in [3.8, 4) is 11.1 Å². The Bertz CT molecular complexity index is 1600. The van der Waals surface area contributed by atoms with E-state index >= 15 is 0 Å². The van der Waals surface area contributed by atoms with E-state index in [1.807, 2.05) is 56.5 Å². The average molecular weight is 484 g/mol. The highest BCUT2D eigenvalue weighted by Crippen LogP contribution is 2.33. The maximum absolute atomic E-state index is 12.5. The normalized spacial score (nSPS) is 12.8. The second kappa shape index (κ2) is 10.4. The second-order valence-electron chi connectivity index (χ2n) is 8.63. The molecule has 0 bridgehead atoms. The maximum atomic E-state index is 12.5. The zero-order valence-electron chi connectivity index (χ0n) is 20.8. The van der Waals surface area contributed by atoms with Crippen molar-refractivity contribution >= 4 is 40.1 Å². The van der Waals surface area contributed by atoms with Crippen LogP contribution < -0.4 is 10.9 Å². The summed E-state index contributed by atoms with van der Waals surface area (Å²) in [5.41, 5.74) is 4.72. The molecule has 9 nitrogen and oxygen atoms in total. The van der Waals surface area contributed by atoms with E-state index in [4.69, 9.17) is 0 Å². The Morgan fingerprint density at radius 2 is 2.08 bits per heavy atom. The first-order valence-electron chi connectivity index (χ1n) is 11.4. The van der Waals surface area contributed by atoms with Crippen LogP contribution in [0.2, 0.25) is 0 Å².